The average Bonchev–Trinajstić information content (AvgIpc) is 2.66. The largest absolute Gasteiger partial charge is 0.448 e. The van der Waals surface area contributed by atoms with E-state index in [1.165, 1.54) is 12.1 Å². The highest BCUT2D eigenvalue weighted by Gasteiger charge is 2.11. The van der Waals surface area contributed by atoms with E-state index in [0.717, 1.165) is 16.8 Å². The Morgan fingerprint density at radius 1 is 1.31 bits per heavy atom. The van der Waals surface area contributed by atoms with Gasteiger partial charge in [0.25, 0.3) is 0 Å². The summed E-state index contributed by atoms with van der Waals surface area (Å²) in [4.78, 5) is 4.38. The minimum Gasteiger partial charge on any atom is -0.448 e. The van der Waals surface area contributed by atoms with Gasteiger partial charge in [-0.2, -0.15) is 0 Å². The molecule has 0 aliphatic rings. The maximum atomic E-state index is 13.0. The number of aromatic nitrogens is 1. The molecular formula is C13H14FNO. The van der Waals surface area contributed by atoms with Gasteiger partial charge in [0.15, 0.2) is 5.89 Å². The molecule has 84 valence electrons. The van der Waals surface area contributed by atoms with Gasteiger partial charge in [0.2, 0.25) is 0 Å². The lowest BCUT2D eigenvalue weighted by Gasteiger charge is -2.01. The third kappa shape index (κ3) is 1.98. The SMILES string of the molecule is Cc1cc(F)ccc1-c1coc(C(C)C)n1. The maximum Gasteiger partial charge on any atom is 0.197 e. The molecule has 0 amide bonds. The van der Waals surface area contributed by atoms with Crippen LogP contribution in [0.2, 0.25) is 0 Å². The summed E-state index contributed by atoms with van der Waals surface area (Å²) >= 11 is 0. The molecule has 16 heavy (non-hydrogen) atoms. The van der Waals surface area contributed by atoms with Gasteiger partial charge >= 0.3 is 0 Å². The van der Waals surface area contributed by atoms with Crippen LogP contribution in [0.25, 0.3) is 11.3 Å². The molecule has 2 nitrogen and oxygen atoms in total. The second kappa shape index (κ2) is 4.08. The van der Waals surface area contributed by atoms with Crippen molar-refractivity contribution in [1.29, 1.82) is 0 Å². The molecule has 0 saturated heterocycles. The standard InChI is InChI=1S/C13H14FNO/c1-8(2)13-15-12(7-16-13)11-5-4-10(14)6-9(11)3/h4-8H,1-3H3. The van der Waals surface area contributed by atoms with E-state index in [0.29, 0.717) is 5.89 Å². The summed E-state index contributed by atoms with van der Waals surface area (Å²) in [5, 5.41) is 0. The first kappa shape index (κ1) is 10.9. The quantitative estimate of drug-likeness (QED) is 0.765. The van der Waals surface area contributed by atoms with E-state index in [4.69, 9.17) is 4.42 Å². The van der Waals surface area contributed by atoms with Crippen molar-refractivity contribution in [3.63, 3.8) is 0 Å². The highest BCUT2D eigenvalue weighted by atomic mass is 19.1. The van der Waals surface area contributed by atoms with Crippen LogP contribution in [-0.4, -0.2) is 4.98 Å². The third-order valence-corrected chi connectivity index (χ3v) is 2.48. The minimum atomic E-state index is -0.228. The Morgan fingerprint density at radius 2 is 2.06 bits per heavy atom. The molecule has 0 aliphatic heterocycles. The van der Waals surface area contributed by atoms with Crippen LogP contribution in [0, 0.1) is 12.7 Å². The zero-order chi connectivity index (χ0) is 11.7. The van der Waals surface area contributed by atoms with E-state index in [9.17, 15) is 4.39 Å². The van der Waals surface area contributed by atoms with Gasteiger partial charge in [0.05, 0.1) is 0 Å². The predicted molar refractivity (Wildman–Crippen MR) is 60.7 cm³/mol. The molecule has 2 aromatic rings. The highest BCUT2D eigenvalue weighted by Crippen LogP contribution is 2.25. The fourth-order valence-corrected chi connectivity index (χ4v) is 1.59. The van der Waals surface area contributed by atoms with Gasteiger partial charge in [-0.25, -0.2) is 9.37 Å². The van der Waals surface area contributed by atoms with Crippen molar-refractivity contribution >= 4 is 0 Å². The first-order valence-electron chi connectivity index (χ1n) is 5.30. The van der Waals surface area contributed by atoms with Crippen LogP contribution in [0.15, 0.2) is 28.9 Å². The summed E-state index contributed by atoms with van der Waals surface area (Å²) in [6, 6.07) is 4.66. The number of hydrogen-bond acceptors (Lipinski definition) is 2. The summed E-state index contributed by atoms with van der Waals surface area (Å²) in [6.45, 7) is 5.91. The number of nitrogens with zero attached hydrogens (tertiary/aromatic N) is 1. The molecule has 0 bridgehead atoms. The fourth-order valence-electron chi connectivity index (χ4n) is 1.59. The van der Waals surface area contributed by atoms with E-state index in [1.807, 2.05) is 20.8 Å². The first-order valence-corrected chi connectivity index (χ1v) is 5.30. The molecule has 0 atom stereocenters. The zero-order valence-electron chi connectivity index (χ0n) is 9.62. The Hall–Kier alpha value is -1.64. The molecular weight excluding hydrogens is 205 g/mol. The fraction of sp³-hybridized carbons (Fsp3) is 0.308. The average molecular weight is 219 g/mol. The van der Waals surface area contributed by atoms with Crippen molar-refractivity contribution in [3.8, 4) is 11.3 Å². The molecule has 0 aliphatic carbocycles. The van der Waals surface area contributed by atoms with Gasteiger partial charge in [-0.1, -0.05) is 13.8 Å². The van der Waals surface area contributed by atoms with Crippen molar-refractivity contribution in [1.82, 2.24) is 4.98 Å². The second-order valence-electron chi connectivity index (χ2n) is 4.18. The predicted octanol–water partition coefficient (Wildman–Crippen LogP) is 3.91. The molecule has 0 radical (unpaired) electrons. The van der Waals surface area contributed by atoms with Gasteiger partial charge in [-0.3, -0.25) is 0 Å². The lowest BCUT2D eigenvalue weighted by molar-refractivity contribution is 0.471. The van der Waals surface area contributed by atoms with Crippen molar-refractivity contribution in [2.45, 2.75) is 26.7 Å². The number of hydrogen-bond donors (Lipinski definition) is 0. The van der Waals surface area contributed by atoms with E-state index in [1.54, 1.807) is 12.3 Å². The van der Waals surface area contributed by atoms with E-state index in [-0.39, 0.29) is 11.7 Å². The van der Waals surface area contributed by atoms with Crippen molar-refractivity contribution < 1.29 is 8.81 Å². The topological polar surface area (TPSA) is 26.0 Å². The monoisotopic (exact) mass is 219 g/mol. The molecule has 0 unspecified atom stereocenters. The van der Waals surface area contributed by atoms with Crippen LogP contribution in [0.4, 0.5) is 4.39 Å². The molecule has 1 heterocycles. The second-order valence-corrected chi connectivity index (χ2v) is 4.18. The third-order valence-electron chi connectivity index (χ3n) is 2.48. The van der Waals surface area contributed by atoms with Crippen LogP contribution in [0.3, 0.4) is 0 Å². The number of oxazole rings is 1. The summed E-state index contributed by atoms with van der Waals surface area (Å²) in [6.07, 6.45) is 1.62. The van der Waals surface area contributed by atoms with Gasteiger partial charge in [-0.15, -0.1) is 0 Å². The lowest BCUT2D eigenvalue weighted by atomic mass is 10.1. The summed E-state index contributed by atoms with van der Waals surface area (Å²) < 4.78 is 18.3. The summed E-state index contributed by atoms with van der Waals surface area (Å²) in [7, 11) is 0. The van der Waals surface area contributed by atoms with Crippen LogP contribution in [0.5, 0.6) is 0 Å². The lowest BCUT2D eigenvalue weighted by Crippen LogP contribution is -1.88. The normalized spacial score (nSPS) is 11.1. The van der Waals surface area contributed by atoms with Gasteiger partial charge in [0.1, 0.15) is 17.8 Å². The molecule has 0 fully saturated rings. The molecule has 1 aromatic carbocycles. The minimum absolute atomic E-state index is 0.228. The Bertz CT molecular complexity index is 502. The van der Waals surface area contributed by atoms with E-state index < -0.39 is 0 Å². The number of rotatable bonds is 2. The van der Waals surface area contributed by atoms with Gasteiger partial charge < -0.3 is 4.42 Å². The molecule has 0 saturated carbocycles. The Morgan fingerprint density at radius 3 is 2.62 bits per heavy atom. The van der Waals surface area contributed by atoms with E-state index >= 15 is 0 Å². The smallest absolute Gasteiger partial charge is 0.197 e. The Balaban J connectivity index is 2.42. The zero-order valence-corrected chi connectivity index (χ0v) is 9.62. The van der Waals surface area contributed by atoms with Crippen LogP contribution < -0.4 is 0 Å². The van der Waals surface area contributed by atoms with Gasteiger partial charge in [-0.05, 0) is 30.7 Å². The van der Waals surface area contributed by atoms with Crippen LogP contribution in [-0.2, 0) is 0 Å². The van der Waals surface area contributed by atoms with Crippen LogP contribution >= 0.6 is 0 Å². The number of aryl methyl sites for hydroxylation is 1. The van der Waals surface area contributed by atoms with Crippen molar-refractivity contribution in [2.75, 3.05) is 0 Å². The number of benzene rings is 1. The highest BCUT2D eigenvalue weighted by molar-refractivity contribution is 5.62. The molecule has 0 N–H and O–H groups in total. The first-order chi connectivity index (χ1) is 7.58. The van der Waals surface area contributed by atoms with Gasteiger partial charge in [0, 0.05) is 11.5 Å². The van der Waals surface area contributed by atoms with Crippen molar-refractivity contribution in [3.05, 3.63) is 41.7 Å². The molecule has 2 rings (SSSR count). The summed E-state index contributed by atoms with van der Waals surface area (Å²) in [5.74, 6) is 0.738. The van der Waals surface area contributed by atoms with E-state index in [2.05, 4.69) is 4.98 Å². The summed E-state index contributed by atoms with van der Waals surface area (Å²) in [5.41, 5.74) is 2.54. The Kier molecular flexibility index (Phi) is 2.77. The van der Waals surface area contributed by atoms with Crippen LogP contribution in [0.1, 0.15) is 31.2 Å². The molecule has 1 aromatic heterocycles. The maximum absolute atomic E-state index is 13.0. The molecule has 3 heteroatoms. The Labute approximate surface area is 94.1 Å². The number of halogens is 1. The van der Waals surface area contributed by atoms with Crippen molar-refractivity contribution in [2.24, 2.45) is 0 Å². The molecule has 0 spiro atoms.